The Bertz CT molecular complexity index is 359. The molecule has 1 rings (SSSR count). The highest BCUT2D eigenvalue weighted by Crippen LogP contribution is 2.20. The van der Waals surface area contributed by atoms with Crippen LogP contribution >= 0.6 is 0 Å². The third-order valence-corrected chi connectivity index (χ3v) is 1.96. The molecule has 0 aliphatic carbocycles. The van der Waals surface area contributed by atoms with Crippen LogP contribution in [-0.2, 0) is 4.84 Å². The van der Waals surface area contributed by atoms with Gasteiger partial charge in [0.25, 0.3) is 0 Å². The number of hydrogen-bond acceptors (Lipinski definition) is 3. The van der Waals surface area contributed by atoms with E-state index in [1.165, 1.54) is 0 Å². The molecule has 1 aromatic rings. The Hall–Kier alpha value is -1.48. The Morgan fingerprint density at radius 1 is 1.47 bits per heavy atom. The smallest absolute Gasteiger partial charge is 0.118 e. The molecule has 0 saturated carbocycles. The van der Waals surface area contributed by atoms with Crippen molar-refractivity contribution in [3.05, 3.63) is 35.9 Å². The zero-order valence-corrected chi connectivity index (χ0v) is 9.37. The number of benzene rings is 1. The first-order valence-electron chi connectivity index (χ1n) is 4.91. The van der Waals surface area contributed by atoms with Crippen LogP contribution in [0.1, 0.15) is 25.0 Å². The third-order valence-electron chi connectivity index (χ3n) is 1.96. The maximum absolute atomic E-state index is 9.36. The molecule has 0 aliphatic heterocycles. The van der Waals surface area contributed by atoms with Gasteiger partial charge in [0.2, 0.25) is 0 Å². The highest BCUT2D eigenvalue weighted by molar-refractivity contribution is 5.62. The molecule has 3 heteroatoms. The van der Waals surface area contributed by atoms with Crippen LogP contribution in [-0.4, -0.2) is 11.2 Å². The molecule has 1 aromatic carbocycles. The summed E-state index contributed by atoms with van der Waals surface area (Å²) in [7, 11) is 0. The third kappa shape index (κ3) is 3.29. The van der Waals surface area contributed by atoms with Crippen molar-refractivity contribution in [3.8, 4) is 5.75 Å². The molecule has 0 heterocycles. The van der Waals surface area contributed by atoms with Crippen molar-refractivity contribution < 1.29 is 9.94 Å². The van der Waals surface area contributed by atoms with Gasteiger partial charge in [0.1, 0.15) is 5.75 Å². The molecule has 0 fully saturated rings. The lowest BCUT2D eigenvalue weighted by Crippen LogP contribution is -2.17. The Morgan fingerprint density at radius 3 is 2.67 bits per heavy atom. The summed E-state index contributed by atoms with van der Waals surface area (Å²) in [6, 6.07) is 5.29. The fraction of sp³-hybridized carbons (Fsp3) is 0.333. The van der Waals surface area contributed by atoms with Crippen molar-refractivity contribution in [1.29, 1.82) is 0 Å². The second-order valence-corrected chi connectivity index (χ2v) is 3.75. The molecule has 0 spiro atoms. The number of hydroxylamine groups is 1. The summed E-state index contributed by atoms with van der Waals surface area (Å²) in [5, 5.41) is 9.36. The van der Waals surface area contributed by atoms with E-state index in [1.54, 1.807) is 12.1 Å². The summed E-state index contributed by atoms with van der Waals surface area (Å²) < 4.78 is 0. The predicted molar refractivity (Wildman–Crippen MR) is 61.2 cm³/mol. The summed E-state index contributed by atoms with van der Waals surface area (Å²) >= 11 is 0. The van der Waals surface area contributed by atoms with Crippen molar-refractivity contribution >= 4 is 5.70 Å². The molecule has 0 aromatic heterocycles. The van der Waals surface area contributed by atoms with Crippen LogP contribution in [0.15, 0.2) is 24.8 Å². The second-order valence-electron chi connectivity index (χ2n) is 3.75. The molecule has 3 nitrogen and oxygen atoms in total. The van der Waals surface area contributed by atoms with Gasteiger partial charge in [-0.05, 0) is 50.1 Å². The van der Waals surface area contributed by atoms with Crippen LogP contribution in [0.2, 0.25) is 0 Å². The summed E-state index contributed by atoms with van der Waals surface area (Å²) in [4.78, 5) is 5.22. The van der Waals surface area contributed by atoms with Crippen molar-refractivity contribution in [2.75, 3.05) is 0 Å². The average molecular weight is 207 g/mol. The predicted octanol–water partition coefficient (Wildman–Crippen LogP) is 2.60. The monoisotopic (exact) mass is 207 g/mol. The minimum absolute atomic E-state index is 0.0972. The minimum Gasteiger partial charge on any atom is -0.508 e. The highest BCUT2D eigenvalue weighted by atomic mass is 16.7. The number of phenols is 1. The van der Waals surface area contributed by atoms with E-state index in [0.29, 0.717) is 5.70 Å². The second kappa shape index (κ2) is 4.84. The van der Waals surface area contributed by atoms with Crippen molar-refractivity contribution in [3.63, 3.8) is 0 Å². The van der Waals surface area contributed by atoms with E-state index in [4.69, 9.17) is 4.84 Å². The van der Waals surface area contributed by atoms with Gasteiger partial charge in [0.15, 0.2) is 0 Å². The van der Waals surface area contributed by atoms with Gasteiger partial charge in [-0.2, -0.15) is 0 Å². The van der Waals surface area contributed by atoms with E-state index in [9.17, 15) is 5.11 Å². The first kappa shape index (κ1) is 11.6. The average Bonchev–Trinajstić information content (AvgIpc) is 2.18. The number of hydrogen-bond donors (Lipinski definition) is 2. The van der Waals surface area contributed by atoms with Crippen LogP contribution in [0.5, 0.6) is 5.75 Å². The molecule has 0 aliphatic rings. The SMILES string of the molecule is C=C(NOC(C)C)c1ccc(O)c(C)c1. The summed E-state index contributed by atoms with van der Waals surface area (Å²) in [5.74, 6) is 0.288. The van der Waals surface area contributed by atoms with Crippen LogP contribution in [0, 0.1) is 6.92 Å². The molecule has 15 heavy (non-hydrogen) atoms. The Labute approximate surface area is 90.3 Å². The van der Waals surface area contributed by atoms with Gasteiger partial charge in [-0.25, -0.2) is 0 Å². The first-order valence-corrected chi connectivity index (χ1v) is 4.91. The van der Waals surface area contributed by atoms with Gasteiger partial charge >= 0.3 is 0 Å². The molecule has 82 valence electrons. The molecule has 2 N–H and O–H groups in total. The lowest BCUT2D eigenvalue weighted by molar-refractivity contribution is 0.0276. The number of nitrogens with one attached hydrogen (secondary N) is 1. The first-order chi connectivity index (χ1) is 7.00. The largest absolute Gasteiger partial charge is 0.508 e. The zero-order chi connectivity index (χ0) is 11.4. The molecule has 0 bridgehead atoms. The standard InChI is InChI=1S/C12H17NO2/c1-8(2)15-13-10(4)11-5-6-12(14)9(3)7-11/h5-8,13-14H,4H2,1-3H3. The quantitative estimate of drug-likeness (QED) is 0.746. The fourth-order valence-corrected chi connectivity index (χ4v) is 1.09. The van der Waals surface area contributed by atoms with E-state index in [-0.39, 0.29) is 11.9 Å². The van der Waals surface area contributed by atoms with Crippen LogP contribution in [0.25, 0.3) is 5.70 Å². The molecule has 0 unspecified atom stereocenters. The number of aryl methyl sites for hydroxylation is 1. The van der Waals surface area contributed by atoms with E-state index < -0.39 is 0 Å². The number of aromatic hydroxyl groups is 1. The van der Waals surface area contributed by atoms with Gasteiger partial charge in [-0.3, -0.25) is 10.3 Å². The number of phenolic OH excluding ortho intramolecular Hbond substituents is 1. The Balaban J connectivity index is 2.70. The van der Waals surface area contributed by atoms with E-state index in [1.807, 2.05) is 26.8 Å². The summed E-state index contributed by atoms with van der Waals surface area (Å²) in [6.45, 7) is 9.56. The van der Waals surface area contributed by atoms with E-state index in [2.05, 4.69) is 12.1 Å². The summed E-state index contributed by atoms with van der Waals surface area (Å²) in [6.07, 6.45) is 0.0972. The van der Waals surface area contributed by atoms with Crippen LogP contribution in [0.3, 0.4) is 0 Å². The maximum Gasteiger partial charge on any atom is 0.118 e. The lowest BCUT2D eigenvalue weighted by atomic mass is 10.1. The topological polar surface area (TPSA) is 41.5 Å². The van der Waals surface area contributed by atoms with Gasteiger partial charge in [0.05, 0.1) is 11.8 Å². The van der Waals surface area contributed by atoms with Gasteiger partial charge in [-0.1, -0.05) is 6.58 Å². The minimum atomic E-state index is 0.0972. The van der Waals surface area contributed by atoms with Crippen molar-refractivity contribution in [2.45, 2.75) is 26.9 Å². The van der Waals surface area contributed by atoms with Gasteiger partial charge < -0.3 is 5.11 Å². The normalized spacial score (nSPS) is 10.4. The van der Waals surface area contributed by atoms with Crippen molar-refractivity contribution in [1.82, 2.24) is 5.48 Å². The molecule has 0 saturated heterocycles. The summed E-state index contributed by atoms with van der Waals surface area (Å²) in [5.41, 5.74) is 5.18. The molecule has 0 amide bonds. The van der Waals surface area contributed by atoms with Crippen LogP contribution < -0.4 is 5.48 Å². The van der Waals surface area contributed by atoms with Gasteiger partial charge in [-0.15, -0.1) is 0 Å². The zero-order valence-electron chi connectivity index (χ0n) is 9.37. The maximum atomic E-state index is 9.36. The van der Waals surface area contributed by atoms with Crippen molar-refractivity contribution in [2.24, 2.45) is 0 Å². The molecule has 0 radical (unpaired) electrons. The molecule has 0 atom stereocenters. The Morgan fingerprint density at radius 2 is 2.13 bits per heavy atom. The molecular weight excluding hydrogens is 190 g/mol. The lowest BCUT2D eigenvalue weighted by Gasteiger charge is -2.12. The highest BCUT2D eigenvalue weighted by Gasteiger charge is 2.02. The fourth-order valence-electron chi connectivity index (χ4n) is 1.09. The van der Waals surface area contributed by atoms with E-state index in [0.717, 1.165) is 11.1 Å². The van der Waals surface area contributed by atoms with Crippen LogP contribution in [0.4, 0.5) is 0 Å². The van der Waals surface area contributed by atoms with Gasteiger partial charge in [0, 0.05) is 0 Å². The molecular formula is C12H17NO2. The van der Waals surface area contributed by atoms with E-state index >= 15 is 0 Å². The number of rotatable bonds is 4. The Kier molecular flexibility index (Phi) is 3.74.